The SMILES string of the molecule is O=C(C[C@@H]1C[C@H]2CC[C@H]1C2)NCCCCO. The Labute approximate surface area is 97.6 Å². The maximum Gasteiger partial charge on any atom is 0.220 e. The molecule has 1 amide bonds. The molecular weight excluding hydrogens is 202 g/mol. The van der Waals surface area contributed by atoms with Crippen molar-refractivity contribution in [2.24, 2.45) is 17.8 Å². The Morgan fingerprint density at radius 1 is 1.25 bits per heavy atom. The molecule has 0 aliphatic heterocycles. The summed E-state index contributed by atoms with van der Waals surface area (Å²) in [5, 5.41) is 11.6. The van der Waals surface area contributed by atoms with Crippen LogP contribution in [0.2, 0.25) is 0 Å². The molecule has 0 saturated heterocycles. The van der Waals surface area contributed by atoms with Crippen molar-refractivity contribution in [2.45, 2.75) is 44.9 Å². The third-order valence-electron chi connectivity index (χ3n) is 4.24. The standard InChI is InChI=1S/C13H23NO2/c15-6-2-1-5-14-13(16)9-12-8-10-3-4-11(12)7-10/h10-12,15H,1-9H2,(H,14,16)/t10-,11-,12-/m0/s1. The highest BCUT2D eigenvalue weighted by Gasteiger charge is 2.39. The van der Waals surface area contributed by atoms with Gasteiger partial charge in [0.2, 0.25) is 5.91 Å². The van der Waals surface area contributed by atoms with Gasteiger partial charge in [0.15, 0.2) is 0 Å². The van der Waals surface area contributed by atoms with E-state index >= 15 is 0 Å². The van der Waals surface area contributed by atoms with Crippen LogP contribution in [0.15, 0.2) is 0 Å². The highest BCUT2D eigenvalue weighted by Crippen LogP contribution is 2.49. The minimum Gasteiger partial charge on any atom is -0.396 e. The van der Waals surface area contributed by atoms with E-state index in [4.69, 9.17) is 5.11 Å². The first-order chi connectivity index (χ1) is 7.79. The van der Waals surface area contributed by atoms with Gasteiger partial charge in [-0.2, -0.15) is 0 Å². The monoisotopic (exact) mass is 225 g/mol. The molecule has 2 rings (SSSR count). The first-order valence-corrected chi connectivity index (χ1v) is 6.67. The molecule has 2 fully saturated rings. The summed E-state index contributed by atoms with van der Waals surface area (Å²) in [5.74, 6) is 2.65. The molecule has 16 heavy (non-hydrogen) atoms. The maximum atomic E-state index is 11.7. The quantitative estimate of drug-likeness (QED) is 0.676. The summed E-state index contributed by atoms with van der Waals surface area (Å²) in [6, 6.07) is 0. The minimum atomic E-state index is 0.218. The number of carbonyl (C=O) groups is 1. The molecule has 2 N–H and O–H groups in total. The molecule has 0 aromatic carbocycles. The Kier molecular flexibility index (Phi) is 4.22. The van der Waals surface area contributed by atoms with E-state index < -0.39 is 0 Å². The van der Waals surface area contributed by atoms with Crippen molar-refractivity contribution >= 4 is 5.91 Å². The van der Waals surface area contributed by atoms with Crippen LogP contribution in [0.5, 0.6) is 0 Å². The van der Waals surface area contributed by atoms with Gasteiger partial charge in [0.1, 0.15) is 0 Å². The van der Waals surface area contributed by atoms with Crippen LogP contribution in [-0.2, 0) is 4.79 Å². The molecule has 2 bridgehead atoms. The fourth-order valence-corrected chi connectivity index (χ4v) is 3.40. The number of amides is 1. The number of unbranched alkanes of at least 4 members (excludes halogenated alkanes) is 1. The summed E-state index contributed by atoms with van der Waals surface area (Å²) in [4.78, 5) is 11.7. The normalized spacial score (nSPS) is 31.9. The van der Waals surface area contributed by atoms with Crippen molar-refractivity contribution < 1.29 is 9.90 Å². The fourth-order valence-electron chi connectivity index (χ4n) is 3.40. The Morgan fingerprint density at radius 3 is 2.75 bits per heavy atom. The molecular formula is C13H23NO2. The van der Waals surface area contributed by atoms with E-state index in [1.807, 2.05) is 0 Å². The van der Waals surface area contributed by atoms with Gasteiger partial charge in [-0.05, 0) is 49.9 Å². The molecule has 0 spiro atoms. The zero-order valence-corrected chi connectivity index (χ0v) is 9.95. The van der Waals surface area contributed by atoms with E-state index in [1.54, 1.807) is 0 Å². The second kappa shape index (κ2) is 5.67. The van der Waals surface area contributed by atoms with Crippen molar-refractivity contribution in [2.75, 3.05) is 13.2 Å². The molecule has 3 nitrogen and oxygen atoms in total. The highest BCUT2D eigenvalue weighted by atomic mass is 16.2. The number of aliphatic hydroxyl groups excluding tert-OH is 1. The molecule has 0 heterocycles. The molecule has 2 aliphatic rings. The van der Waals surface area contributed by atoms with Gasteiger partial charge in [-0.25, -0.2) is 0 Å². The Bertz CT molecular complexity index is 242. The Balaban J connectivity index is 1.60. The van der Waals surface area contributed by atoms with Crippen molar-refractivity contribution in [3.63, 3.8) is 0 Å². The summed E-state index contributed by atoms with van der Waals surface area (Å²) >= 11 is 0. The van der Waals surface area contributed by atoms with E-state index in [9.17, 15) is 4.79 Å². The smallest absolute Gasteiger partial charge is 0.220 e. The Morgan fingerprint density at radius 2 is 2.12 bits per heavy atom. The van der Waals surface area contributed by atoms with E-state index in [1.165, 1.54) is 25.7 Å². The number of fused-ring (bicyclic) bond motifs is 2. The number of aliphatic hydroxyl groups is 1. The topological polar surface area (TPSA) is 49.3 Å². The van der Waals surface area contributed by atoms with Crippen LogP contribution in [0.1, 0.15) is 44.9 Å². The maximum absolute atomic E-state index is 11.7. The first kappa shape index (κ1) is 11.9. The van der Waals surface area contributed by atoms with Crippen molar-refractivity contribution in [3.8, 4) is 0 Å². The van der Waals surface area contributed by atoms with Gasteiger partial charge < -0.3 is 10.4 Å². The van der Waals surface area contributed by atoms with E-state index in [-0.39, 0.29) is 12.5 Å². The van der Waals surface area contributed by atoms with Gasteiger partial charge in [-0.3, -0.25) is 4.79 Å². The van der Waals surface area contributed by atoms with Crippen LogP contribution in [-0.4, -0.2) is 24.2 Å². The molecule has 0 radical (unpaired) electrons. The predicted molar refractivity (Wildman–Crippen MR) is 62.9 cm³/mol. The van der Waals surface area contributed by atoms with E-state index in [2.05, 4.69) is 5.32 Å². The number of hydrogen-bond donors (Lipinski definition) is 2. The molecule has 0 unspecified atom stereocenters. The lowest BCUT2D eigenvalue weighted by atomic mass is 9.86. The lowest BCUT2D eigenvalue weighted by Gasteiger charge is -2.20. The van der Waals surface area contributed by atoms with Gasteiger partial charge >= 0.3 is 0 Å². The second-order valence-corrected chi connectivity index (χ2v) is 5.42. The Hall–Kier alpha value is -0.570. The van der Waals surface area contributed by atoms with Gasteiger partial charge in [-0.15, -0.1) is 0 Å². The summed E-state index contributed by atoms with van der Waals surface area (Å²) in [5.41, 5.74) is 0. The lowest BCUT2D eigenvalue weighted by Crippen LogP contribution is -2.28. The summed E-state index contributed by atoms with van der Waals surface area (Å²) in [6.07, 6.45) is 7.83. The fraction of sp³-hybridized carbons (Fsp3) is 0.923. The molecule has 3 heteroatoms. The third-order valence-corrected chi connectivity index (χ3v) is 4.24. The molecule has 0 aromatic rings. The zero-order chi connectivity index (χ0) is 11.4. The van der Waals surface area contributed by atoms with Crippen molar-refractivity contribution in [1.82, 2.24) is 5.32 Å². The summed E-state index contributed by atoms with van der Waals surface area (Å²) < 4.78 is 0. The van der Waals surface area contributed by atoms with Crippen LogP contribution in [0, 0.1) is 17.8 Å². The van der Waals surface area contributed by atoms with Crippen molar-refractivity contribution in [1.29, 1.82) is 0 Å². The van der Waals surface area contributed by atoms with Crippen LogP contribution >= 0.6 is 0 Å². The minimum absolute atomic E-state index is 0.218. The van der Waals surface area contributed by atoms with Crippen LogP contribution in [0.3, 0.4) is 0 Å². The first-order valence-electron chi connectivity index (χ1n) is 6.67. The van der Waals surface area contributed by atoms with Gasteiger partial charge in [0.05, 0.1) is 0 Å². The summed E-state index contributed by atoms with van der Waals surface area (Å²) in [7, 11) is 0. The third kappa shape index (κ3) is 2.97. The molecule has 2 aliphatic carbocycles. The van der Waals surface area contributed by atoms with Crippen LogP contribution in [0.4, 0.5) is 0 Å². The molecule has 2 saturated carbocycles. The number of hydrogen-bond acceptors (Lipinski definition) is 2. The second-order valence-electron chi connectivity index (χ2n) is 5.42. The van der Waals surface area contributed by atoms with Gasteiger partial charge in [0.25, 0.3) is 0 Å². The van der Waals surface area contributed by atoms with Crippen LogP contribution in [0.25, 0.3) is 0 Å². The number of rotatable bonds is 6. The van der Waals surface area contributed by atoms with E-state index in [0.717, 1.165) is 37.6 Å². The largest absolute Gasteiger partial charge is 0.396 e. The van der Waals surface area contributed by atoms with Gasteiger partial charge in [-0.1, -0.05) is 6.42 Å². The molecule has 0 aromatic heterocycles. The van der Waals surface area contributed by atoms with Gasteiger partial charge in [0, 0.05) is 19.6 Å². The number of carbonyl (C=O) groups excluding carboxylic acids is 1. The highest BCUT2D eigenvalue weighted by molar-refractivity contribution is 5.76. The molecule has 3 atom stereocenters. The predicted octanol–water partition coefficient (Wildman–Crippen LogP) is 1.70. The number of nitrogens with one attached hydrogen (secondary N) is 1. The lowest BCUT2D eigenvalue weighted by molar-refractivity contribution is -0.122. The van der Waals surface area contributed by atoms with Crippen LogP contribution < -0.4 is 5.32 Å². The summed E-state index contributed by atoms with van der Waals surface area (Å²) in [6.45, 7) is 0.947. The average molecular weight is 225 g/mol. The zero-order valence-electron chi connectivity index (χ0n) is 9.95. The van der Waals surface area contributed by atoms with E-state index in [0.29, 0.717) is 5.92 Å². The van der Waals surface area contributed by atoms with Crippen molar-refractivity contribution in [3.05, 3.63) is 0 Å². The average Bonchev–Trinajstić information content (AvgIpc) is 2.86. The molecule has 92 valence electrons.